The van der Waals surface area contributed by atoms with E-state index in [0.29, 0.717) is 5.91 Å². The molecule has 0 aromatic carbocycles. The molecular weight excluding hydrogens is 164 g/mol. The minimum Gasteiger partial charge on any atom is -0.328 e. The summed E-state index contributed by atoms with van der Waals surface area (Å²) in [4.78, 5) is 16.1. The summed E-state index contributed by atoms with van der Waals surface area (Å²) in [6.45, 7) is 5.15. The lowest BCUT2D eigenvalue weighted by Crippen LogP contribution is -2.30. The molecule has 13 heavy (non-hydrogen) atoms. The van der Waals surface area contributed by atoms with Crippen molar-refractivity contribution in [1.29, 1.82) is 0 Å². The monoisotopic (exact) mass is 182 g/mol. The molecule has 2 fully saturated rings. The van der Waals surface area contributed by atoms with Gasteiger partial charge in [0.15, 0.2) is 0 Å². The van der Waals surface area contributed by atoms with E-state index in [2.05, 4.69) is 11.8 Å². The summed E-state index contributed by atoms with van der Waals surface area (Å²) in [5.74, 6) is 0.381. The number of rotatable bonds is 3. The number of fused-ring (bicyclic) bond motifs is 1. The second-order valence-electron chi connectivity index (χ2n) is 4.07. The summed E-state index contributed by atoms with van der Waals surface area (Å²) in [6.07, 6.45) is 4.61. The molecule has 3 heteroatoms. The largest absolute Gasteiger partial charge is 0.328 e. The highest BCUT2D eigenvalue weighted by Gasteiger charge is 2.40. The maximum atomic E-state index is 11.8. The molecule has 2 rings (SSSR count). The number of amides is 1. The fraction of sp³-hybridized carbons (Fsp3) is 0.900. The van der Waals surface area contributed by atoms with Crippen molar-refractivity contribution < 1.29 is 4.79 Å². The quantitative estimate of drug-likeness (QED) is 0.651. The molecule has 1 atom stereocenters. The molecule has 74 valence electrons. The Balaban J connectivity index is 1.91. The van der Waals surface area contributed by atoms with Crippen LogP contribution in [0.3, 0.4) is 0 Å². The molecule has 1 unspecified atom stereocenters. The Hall–Kier alpha value is -0.570. The van der Waals surface area contributed by atoms with Crippen LogP contribution >= 0.6 is 0 Å². The average molecular weight is 182 g/mol. The van der Waals surface area contributed by atoms with Gasteiger partial charge in [0, 0.05) is 13.1 Å². The van der Waals surface area contributed by atoms with Gasteiger partial charge in [-0.15, -0.1) is 0 Å². The number of nitrogens with zero attached hydrogens (tertiary/aromatic N) is 2. The first-order valence-corrected chi connectivity index (χ1v) is 5.35. The van der Waals surface area contributed by atoms with Crippen LogP contribution in [0, 0.1) is 0 Å². The van der Waals surface area contributed by atoms with Gasteiger partial charge in [0.05, 0.1) is 12.7 Å². The third-order valence-electron chi connectivity index (χ3n) is 3.09. The van der Waals surface area contributed by atoms with Crippen LogP contribution in [-0.4, -0.2) is 41.5 Å². The SMILES string of the molecule is CCCCN1CN2CCCC2C1=O. The Morgan fingerprint density at radius 2 is 2.38 bits per heavy atom. The van der Waals surface area contributed by atoms with Crippen molar-refractivity contribution in [3.8, 4) is 0 Å². The molecule has 0 radical (unpaired) electrons. The second kappa shape index (κ2) is 3.66. The Bertz CT molecular complexity index is 205. The number of unbranched alkanes of at least 4 members (excludes halogenated alkanes) is 1. The van der Waals surface area contributed by atoms with Crippen LogP contribution in [0.15, 0.2) is 0 Å². The van der Waals surface area contributed by atoms with Gasteiger partial charge >= 0.3 is 0 Å². The predicted octanol–water partition coefficient (Wildman–Crippen LogP) is 1.05. The van der Waals surface area contributed by atoms with Gasteiger partial charge in [-0.05, 0) is 19.3 Å². The summed E-state index contributed by atoms with van der Waals surface area (Å²) in [6, 6.07) is 0.247. The highest BCUT2D eigenvalue weighted by Crippen LogP contribution is 2.25. The first kappa shape index (κ1) is 9.00. The smallest absolute Gasteiger partial charge is 0.241 e. The molecule has 0 saturated carbocycles. The number of carbonyl (C=O) groups excluding carboxylic acids is 1. The summed E-state index contributed by atoms with van der Waals surface area (Å²) < 4.78 is 0. The minimum absolute atomic E-state index is 0.247. The standard InChI is InChI=1S/C10H18N2O/c1-2-3-6-12-8-11-7-4-5-9(11)10(12)13/h9H,2-8H2,1H3. The van der Waals surface area contributed by atoms with E-state index in [-0.39, 0.29) is 6.04 Å². The van der Waals surface area contributed by atoms with Crippen LogP contribution in [0.2, 0.25) is 0 Å². The van der Waals surface area contributed by atoms with E-state index in [1.165, 1.54) is 12.8 Å². The molecule has 0 aromatic rings. The van der Waals surface area contributed by atoms with Crippen molar-refractivity contribution >= 4 is 5.91 Å². The zero-order valence-electron chi connectivity index (χ0n) is 8.33. The zero-order chi connectivity index (χ0) is 9.26. The predicted molar refractivity (Wildman–Crippen MR) is 51.2 cm³/mol. The van der Waals surface area contributed by atoms with Gasteiger partial charge in [-0.1, -0.05) is 13.3 Å². The molecule has 0 aromatic heterocycles. The molecule has 2 aliphatic rings. The second-order valence-corrected chi connectivity index (χ2v) is 4.07. The van der Waals surface area contributed by atoms with Gasteiger partial charge < -0.3 is 4.90 Å². The van der Waals surface area contributed by atoms with E-state index in [9.17, 15) is 4.79 Å². The average Bonchev–Trinajstić information content (AvgIpc) is 2.67. The Kier molecular flexibility index (Phi) is 2.54. The van der Waals surface area contributed by atoms with Crippen molar-refractivity contribution in [2.24, 2.45) is 0 Å². The molecule has 1 amide bonds. The normalized spacial score (nSPS) is 28.5. The third kappa shape index (κ3) is 1.57. The van der Waals surface area contributed by atoms with Crippen molar-refractivity contribution in [2.75, 3.05) is 19.8 Å². The van der Waals surface area contributed by atoms with Gasteiger partial charge in [-0.25, -0.2) is 0 Å². The number of hydrogen-bond donors (Lipinski definition) is 0. The molecule has 0 aliphatic carbocycles. The van der Waals surface area contributed by atoms with E-state index in [0.717, 1.165) is 32.6 Å². The lowest BCUT2D eigenvalue weighted by molar-refractivity contribution is -0.129. The van der Waals surface area contributed by atoms with Crippen molar-refractivity contribution in [2.45, 2.75) is 38.6 Å². The summed E-state index contributed by atoms with van der Waals surface area (Å²) in [5, 5.41) is 0. The molecule has 2 heterocycles. The maximum Gasteiger partial charge on any atom is 0.241 e. The lowest BCUT2D eigenvalue weighted by Gasteiger charge is -2.16. The molecule has 3 nitrogen and oxygen atoms in total. The van der Waals surface area contributed by atoms with Gasteiger partial charge in [-0.3, -0.25) is 9.69 Å². The van der Waals surface area contributed by atoms with Crippen molar-refractivity contribution in [3.63, 3.8) is 0 Å². The molecule has 0 N–H and O–H groups in total. The topological polar surface area (TPSA) is 23.6 Å². The van der Waals surface area contributed by atoms with E-state index in [1.807, 2.05) is 4.90 Å². The summed E-state index contributed by atoms with van der Waals surface area (Å²) in [5.41, 5.74) is 0. The van der Waals surface area contributed by atoms with Crippen LogP contribution in [0.5, 0.6) is 0 Å². The minimum atomic E-state index is 0.247. The molecule has 0 spiro atoms. The van der Waals surface area contributed by atoms with Gasteiger partial charge in [0.1, 0.15) is 0 Å². The Morgan fingerprint density at radius 1 is 1.54 bits per heavy atom. The van der Waals surface area contributed by atoms with Gasteiger partial charge in [0.25, 0.3) is 0 Å². The molecule has 2 aliphatic heterocycles. The van der Waals surface area contributed by atoms with Gasteiger partial charge in [0.2, 0.25) is 5.91 Å². The fourth-order valence-corrected chi connectivity index (χ4v) is 2.30. The lowest BCUT2D eigenvalue weighted by atomic mass is 10.2. The van der Waals surface area contributed by atoms with Gasteiger partial charge in [-0.2, -0.15) is 0 Å². The molecule has 2 saturated heterocycles. The van der Waals surface area contributed by atoms with Crippen molar-refractivity contribution in [1.82, 2.24) is 9.80 Å². The molecule has 0 bridgehead atoms. The van der Waals surface area contributed by atoms with Crippen LogP contribution in [0.4, 0.5) is 0 Å². The summed E-state index contributed by atoms with van der Waals surface area (Å²) in [7, 11) is 0. The highest BCUT2D eigenvalue weighted by atomic mass is 16.2. The summed E-state index contributed by atoms with van der Waals surface area (Å²) >= 11 is 0. The third-order valence-corrected chi connectivity index (χ3v) is 3.09. The first-order valence-electron chi connectivity index (χ1n) is 5.35. The van der Waals surface area contributed by atoms with E-state index >= 15 is 0 Å². The van der Waals surface area contributed by atoms with Crippen LogP contribution in [-0.2, 0) is 4.79 Å². The van der Waals surface area contributed by atoms with Crippen LogP contribution < -0.4 is 0 Å². The van der Waals surface area contributed by atoms with Crippen molar-refractivity contribution in [3.05, 3.63) is 0 Å². The fourth-order valence-electron chi connectivity index (χ4n) is 2.30. The zero-order valence-corrected chi connectivity index (χ0v) is 8.33. The van der Waals surface area contributed by atoms with Crippen LogP contribution in [0.25, 0.3) is 0 Å². The van der Waals surface area contributed by atoms with Crippen LogP contribution in [0.1, 0.15) is 32.6 Å². The number of carbonyl (C=O) groups is 1. The van der Waals surface area contributed by atoms with E-state index < -0.39 is 0 Å². The molecular formula is C10H18N2O. The van der Waals surface area contributed by atoms with E-state index in [1.54, 1.807) is 0 Å². The highest BCUT2D eigenvalue weighted by molar-refractivity contribution is 5.84. The Labute approximate surface area is 79.7 Å². The van der Waals surface area contributed by atoms with E-state index in [4.69, 9.17) is 0 Å². The Morgan fingerprint density at radius 3 is 3.08 bits per heavy atom. The first-order chi connectivity index (χ1) is 6.33. The maximum absolute atomic E-state index is 11.8. The number of hydrogen-bond acceptors (Lipinski definition) is 2.